The molecule has 1 N–H and O–H groups in total. The maximum atomic E-state index is 11.8. The molecule has 3 amide bonds. The molecular weight excluding hydrogens is 296 g/mol. The summed E-state index contributed by atoms with van der Waals surface area (Å²) in [4.78, 5) is 35.8. The van der Waals surface area contributed by atoms with E-state index in [0.29, 0.717) is 39.0 Å². The number of aryl methyl sites for hydroxylation is 1. The Morgan fingerprint density at radius 2 is 1.96 bits per heavy atom. The average molecular weight is 318 g/mol. The van der Waals surface area contributed by atoms with Gasteiger partial charge in [0.2, 0.25) is 17.7 Å². The molecule has 0 spiro atoms. The maximum Gasteiger partial charge on any atom is 0.229 e. The summed E-state index contributed by atoms with van der Waals surface area (Å²) in [7, 11) is 0. The minimum Gasteiger partial charge on any atom is -0.378 e. The molecule has 0 radical (unpaired) electrons. The molecule has 6 nitrogen and oxygen atoms in total. The first kappa shape index (κ1) is 17.1. The Morgan fingerprint density at radius 1 is 1.22 bits per heavy atom. The number of hydrogen-bond donors (Lipinski definition) is 1. The zero-order valence-corrected chi connectivity index (χ0v) is 13.3. The first-order chi connectivity index (χ1) is 11.1. The molecule has 0 saturated carbocycles. The summed E-state index contributed by atoms with van der Waals surface area (Å²) < 4.78 is 5.35. The number of ether oxygens (including phenoxy) is 1. The summed E-state index contributed by atoms with van der Waals surface area (Å²) in [5, 5.41) is 2.79. The highest BCUT2D eigenvalue weighted by Crippen LogP contribution is 2.10. The molecule has 1 fully saturated rings. The van der Waals surface area contributed by atoms with Gasteiger partial charge in [0.1, 0.15) is 0 Å². The van der Waals surface area contributed by atoms with Gasteiger partial charge in [-0.2, -0.15) is 0 Å². The molecule has 0 aromatic heterocycles. The molecule has 1 saturated heterocycles. The first-order valence-corrected chi connectivity index (χ1v) is 7.79. The van der Waals surface area contributed by atoms with Crippen LogP contribution in [-0.2, 0) is 25.5 Å². The second-order valence-electron chi connectivity index (χ2n) is 5.57. The largest absolute Gasteiger partial charge is 0.378 e. The number of benzene rings is 1. The van der Waals surface area contributed by atoms with Crippen LogP contribution in [0.5, 0.6) is 0 Å². The van der Waals surface area contributed by atoms with Crippen molar-refractivity contribution in [3.8, 4) is 0 Å². The van der Waals surface area contributed by atoms with E-state index in [2.05, 4.69) is 5.32 Å². The van der Waals surface area contributed by atoms with Crippen LogP contribution in [0.2, 0.25) is 0 Å². The average Bonchev–Trinajstić information content (AvgIpc) is 2.82. The fraction of sp³-hybridized carbons (Fsp3) is 0.471. The van der Waals surface area contributed by atoms with Gasteiger partial charge in [-0.1, -0.05) is 29.8 Å². The standard InChI is InChI=1S/C17H22N2O4/c1-13-3-2-4-14(11-13)12-15(20)18-7-9-23-10-8-19-16(21)5-6-17(19)22/h2-4,11H,5-10,12H2,1H3,(H,18,20). The van der Waals surface area contributed by atoms with Gasteiger partial charge >= 0.3 is 0 Å². The van der Waals surface area contributed by atoms with Gasteiger partial charge in [-0.25, -0.2) is 0 Å². The minimum absolute atomic E-state index is 0.0518. The van der Waals surface area contributed by atoms with Gasteiger partial charge in [0.25, 0.3) is 0 Å². The van der Waals surface area contributed by atoms with Crippen molar-refractivity contribution in [1.82, 2.24) is 10.2 Å². The fourth-order valence-corrected chi connectivity index (χ4v) is 2.46. The van der Waals surface area contributed by atoms with Crippen LogP contribution >= 0.6 is 0 Å². The molecule has 1 aromatic rings. The van der Waals surface area contributed by atoms with E-state index in [-0.39, 0.29) is 24.3 Å². The predicted octanol–water partition coefficient (Wildman–Crippen LogP) is 0.819. The van der Waals surface area contributed by atoms with Crippen LogP contribution in [0.25, 0.3) is 0 Å². The predicted molar refractivity (Wildman–Crippen MR) is 84.7 cm³/mol. The normalized spacial score (nSPS) is 14.4. The van der Waals surface area contributed by atoms with Crippen molar-refractivity contribution in [3.05, 3.63) is 35.4 Å². The van der Waals surface area contributed by atoms with Crippen LogP contribution in [0.1, 0.15) is 24.0 Å². The Morgan fingerprint density at radius 3 is 2.65 bits per heavy atom. The zero-order chi connectivity index (χ0) is 16.7. The highest BCUT2D eigenvalue weighted by Gasteiger charge is 2.28. The second kappa shape index (κ2) is 8.43. The van der Waals surface area contributed by atoms with Crippen LogP contribution in [0, 0.1) is 6.92 Å². The molecule has 0 atom stereocenters. The highest BCUT2D eigenvalue weighted by atomic mass is 16.5. The summed E-state index contributed by atoms with van der Waals surface area (Å²) in [6.45, 7) is 3.34. The topological polar surface area (TPSA) is 75.7 Å². The van der Waals surface area contributed by atoms with E-state index in [9.17, 15) is 14.4 Å². The first-order valence-electron chi connectivity index (χ1n) is 7.79. The van der Waals surface area contributed by atoms with E-state index in [1.54, 1.807) is 0 Å². The number of hydrogen-bond acceptors (Lipinski definition) is 4. The molecule has 23 heavy (non-hydrogen) atoms. The number of nitrogens with one attached hydrogen (secondary N) is 1. The van der Waals surface area contributed by atoms with E-state index in [1.165, 1.54) is 4.90 Å². The summed E-state index contributed by atoms with van der Waals surface area (Å²) in [6.07, 6.45) is 0.945. The lowest BCUT2D eigenvalue weighted by molar-refractivity contribution is -0.139. The van der Waals surface area contributed by atoms with E-state index >= 15 is 0 Å². The van der Waals surface area contributed by atoms with E-state index in [4.69, 9.17) is 4.74 Å². The monoisotopic (exact) mass is 318 g/mol. The molecule has 1 aliphatic heterocycles. The van der Waals surface area contributed by atoms with Crippen LogP contribution in [0.4, 0.5) is 0 Å². The number of likely N-dealkylation sites (tertiary alicyclic amines) is 1. The van der Waals surface area contributed by atoms with E-state index in [0.717, 1.165) is 11.1 Å². The molecule has 1 aromatic carbocycles. The van der Waals surface area contributed by atoms with E-state index in [1.807, 2.05) is 31.2 Å². The van der Waals surface area contributed by atoms with Crippen LogP contribution in [-0.4, -0.2) is 48.9 Å². The third-order valence-corrected chi connectivity index (χ3v) is 3.63. The van der Waals surface area contributed by atoms with Gasteiger partial charge in [-0.3, -0.25) is 19.3 Å². The van der Waals surface area contributed by atoms with Crippen molar-refractivity contribution in [2.75, 3.05) is 26.3 Å². The Hall–Kier alpha value is -2.21. The number of imide groups is 1. The third kappa shape index (κ3) is 5.49. The quantitative estimate of drug-likeness (QED) is 0.569. The highest BCUT2D eigenvalue weighted by molar-refractivity contribution is 6.01. The van der Waals surface area contributed by atoms with E-state index < -0.39 is 0 Å². The van der Waals surface area contributed by atoms with Gasteiger partial charge in [0, 0.05) is 19.4 Å². The minimum atomic E-state index is -0.134. The van der Waals surface area contributed by atoms with Crippen molar-refractivity contribution < 1.29 is 19.1 Å². The molecule has 0 bridgehead atoms. The van der Waals surface area contributed by atoms with Crippen LogP contribution in [0.3, 0.4) is 0 Å². The Bertz CT molecular complexity index is 570. The van der Waals surface area contributed by atoms with Gasteiger partial charge in [0.05, 0.1) is 26.2 Å². The molecule has 6 heteroatoms. The molecule has 2 rings (SSSR count). The second-order valence-corrected chi connectivity index (χ2v) is 5.57. The number of rotatable bonds is 8. The molecule has 124 valence electrons. The van der Waals surface area contributed by atoms with Crippen molar-refractivity contribution in [3.63, 3.8) is 0 Å². The molecule has 0 aliphatic carbocycles. The lowest BCUT2D eigenvalue weighted by atomic mass is 10.1. The molecule has 0 unspecified atom stereocenters. The summed E-state index contributed by atoms with van der Waals surface area (Å²) in [6, 6.07) is 7.83. The fourth-order valence-electron chi connectivity index (χ4n) is 2.46. The van der Waals surface area contributed by atoms with Gasteiger partial charge < -0.3 is 10.1 Å². The van der Waals surface area contributed by atoms with Crippen molar-refractivity contribution in [2.45, 2.75) is 26.2 Å². The number of amides is 3. The summed E-state index contributed by atoms with van der Waals surface area (Å²) in [5.41, 5.74) is 2.11. The van der Waals surface area contributed by atoms with Crippen molar-refractivity contribution in [1.29, 1.82) is 0 Å². The zero-order valence-electron chi connectivity index (χ0n) is 13.3. The lowest BCUT2D eigenvalue weighted by Crippen LogP contribution is -2.33. The smallest absolute Gasteiger partial charge is 0.229 e. The summed E-state index contributed by atoms with van der Waals surface area (Å²) >= 11 is 0. The summed E-state index contributed by atoms with van der Waals surface area (Å²) in [5.74, 6) is -0.320. The van der Waals surface area contributed by atoms with Gasteiger partial charge in [0.15, 0.2) is 0 Å². The molecular formula is C17H22N2O4. The Balaban J connectivity index is 1.56. The molecule has 1 heterocycles. The third-order valence-electron chi connectivity index (χ3n) is 3.63. The van der Waals surface area contributed by atoms with Gasteiger partial charge in [-0.15, -0.1) is 0 Å². The Kier molecular flexibility index (Phi) is 6.29. The molecule has 1 aliphatic rings. The van der Waals surface area contributed by atoms with Gasteiger partial charge in [-0.05, 0) is 12.5 Å². The lowest BCUT2D eigenvalue weighted by Gasteiger charge is -2.13. The van der Waals surface area contributed by atoms with Crippen LogP contribution in [0.15, 0.2) is 24.3 Å². The van der Waals surface area contributed by atoms with Crippen molar-refractivity contribution >= 4 is 17.7 Å². The van der Waals surface area contributed by atoms with Crippen LogP contribution < -0.4 is 5.32 Å². The number of carbonyl (C=O) groups excluding carboxylic acids is 3. The Labute approximate surface area is 135 Å². The number of carbonyl (C=O) groups is 3. The maximum absolute atomic E-state index is 11.8. The van der Waals surface area contributed by atoms with Crippen molar-refractivity contribution in [2.24, 2.45) is 0 Å². The SMILES string of the molecule is Cc1cccc(CC(=O)NCCOCCN2C(=O)CCC2=O)c1. The number of nitrogens with zero attached hydrogens (tertiary/aromatic N) is 1.